The van der Waals surface area contributed by atoms with Crippen molar-refractivity contribution in [2.45, 2.75) is 0 Å². The van der Waals surface area contributed by atoms with Crippen LogP contribution in [0.4, 0.5) is 0 Å². The fraction of sp³-hybridized carbons (Fsp3) is 0.105. The minimum Gasteiger partial charge on any atom is -0.308 e. The predicted molar refractivity (Wildman–Crippen MR) is 118 cm³/mol. The molecule has 0 saturated carbocycles. The first kappa shape index (κ1) is 19.2. The van der Waals surface area contributed by atoms with Crippen molar-refractivity contribution in [2.75, 3.05) is 13.1 Å². The maximum Gasteiger partial charge on any atom is 0.187 e. The van der Waals surface area contributed by atoms with E-state index in [1.807, 2.05) is 48.6 Å². The summed E-state index contributed by atoms with van der Waals surface area (Å²) in [5, 5.41) is 3.31. The maximum absolute atomic E-state index is 12.9. The van der Waals surface area contributed by atoms with Crippen molar-refractivity contribution in [2.24, 2.45) is 0 Å². The molecule has 1 heterocycles. The number of benzene rings is 2. The molecule has 25 heavy (non-hydrogen) atoms. The van der Waals surface area contributed by atoms with Crippen LogP contribution in [0.25, 0.3) is 12.2 Å². The lowest BCUT2D eigenvalue weighted by Gasteiger charge is -2.18. The smallest absolute Gasteiger partial charge is 0.187 e. The van der Waals surface area contributed by atoms with Crippen LogP contribution in [-0.4, -0.2) is 18.9 Å². The second kappa shape index (κ2) is 8.44. The molecule has 1 saturated heterocycles. The Balaban J connectivity index is 1.92. The van der Waals surface area contributed by atoms with Gasteiger partial charge in [-0.2, -0.15) is 0 Å². The van der Waals surface area contributed by atoms with Crippen LogP contribution in [0.5, 0.6) is 0 Å². The SMILES string of the molecule is O=C1C(=Cc2cc(Br)cc(Br)c2)CNCC1=Cc1cc(Br)cc(Br)c1. The molecule has 0 atom stereocenters. The number of halogens is 4. The number of rotatable bonds is 2. The number of piperidine rings is 1. The van der Waals surface area contributed by atoms with Crippen molar-refractivity contribution in [1.29, 1.82) is 0 Å². The number of hydrogen-bond acceptors (Lipinski definition) is 2. The van der Waals surface area contributed by atoms with Crippen LogP contribution in [0.3, 0.4) is 0 Å². The zero-order chi connectivity index (χ0) is 18.0. The lowest BCUT2D eigenvalue weighted by Crippen LogP contribution is -2.32. The average Bonchev–Trinajstić information content (AvgIpc) is 2.49. The maximum atomic E-state index is 12.9. The van der Waals surface area contributed by atoms with Gasteiger partial charge in [-0.05, 0) is 59.7 Å². The van der Waals surface area contributed by atoms with Gasteiger partial charge in [0.1, 0.15) is 0 Å². The quantitative estimate of drug-likeness (QED) is 0.412. The first-order valence-electron chi connectivity index (χ1n) is 7.49. The Morgan fingerprint density at radius 1 is 0.680 bits per heavy atom. The number of Topliss-reactive ketones (excluding diaryl/α,β-unsaturated/α-hetero) is 1. The molecule has 2 aromatic carbocycles. The van der Waals surface area contributed by atoms with Crippen molar-refractivity contribution in [3.63, 3.8) is 0 Å². The zero-order valence-corrected chi connectivity index (χ0v) is 19.3. The Kier molecular flexibility index (Phi) is 6.49. The van der Waals surface area contributed by atoms with E-state index in [-0.39, 0.29) is 5.78 Å². The first-order chi connectivity index (χ1) is 11.9. The van der Waals surface area contributed by atoms with Crippen LogP contribution in [0.15, 0.2) is 65.4 Å². The van der Waals surface area contributed by atoms with E-state index in [0.717, 1.165) is 40.2 Å². The standard InChI is InChI=1S/C19H13Br4NO/c20-15-3-11(4-16(21)7-15)1-13-9-24-10-14(19(13)25)2-12-5-17(22)8-18(23)6-12/h1-8,24H,9-10H2. The van der Waals surface area contributed by atoms with Crippen molar-refractivity contribution in [1.82, 2.24) is 5.32 Å². The number of nitrogens with one attached hydrogen (secondary N) is 1. The summed E-state index contributed by atoms with van der Waals surface area (Å²) >= 11 is 13.9. The minimum atomic E-state index is 0.0888. The Morgan fingerprint density at radius 3 is 1.40 bits per heavy atom. The summed E-state index contributed by atoms with van der Waals surface area (Å²) in [4.78, 5) is 12.9. The van der Waals surface area contributed by atoms with Crippen molar-refractivity contribution in [3.05, 3.63) is 76.6 Å². The predicted octanol–water partition coefficient (Wildman–Crippen LogP) is 6.38. The van der Waals surface area contributed by atoms with E-state index >= 15 is 0 Å². The van der Waals surface area contributed by atoms with E-state index in [0.29, 0.717) is 13.1 Å². The van der Waals surface area contributed by atoms with Crippen LogP contribution in [-0.2, 0) is 4.79 Å². The first-order valence-corrected chi connectivity index (χ1v) is 10.7. The second-order valence-electron chi connectivity index (χ2n) is 5.68. The number of carbonyl (C=O) groups excluding carboxylic acids is 1. The zero-order valence-electron chi connectivity index (χ0n) is 13.0. The van der Waals surface area contributed by atoms with E-state index in [1.165, 1.54) is 0 Å². The van der Waals surface area contributed by atoms with Crippen LogP contribution >= 0.6 is 63.7 Å². The summed E-state index contributed by atoms with van der Waals surface area (Å²) in [7, 11) is 0. The molecular weight excluding hydrogens is 578 g/mol. The van der Waals surface area contributed by atoms with Gasteiger partial charge in [0, 0.05) is 42.1 Å². The van der Waals surface area contributed by atoms with Crippen molar-refractivity contribution >= 4 is 81.7 Å². The molecule has 0 radical (unpaired) electrons. The van der Waals surface area contributed by atoms with Gasteiger partial charge in [0.2, 0.25) is 0 Å². The van der Waals surface area contributed by atoms with Crippen LogP contribution < -0.4 is 5.32 Å². The Morgan fingerprint density at radius 2 is 1.04 bits per heavy atom. The van der Waals surface area contributed by atoms with Gasteiger partial charge >= 0.3 is 0 Å². The molecular formula is C19H13Br4NO. The molecule has 0 aliphatic carbocycles. The van der Waals surface area contributed by atoms with Gasteiger partial charge in [-0.3, -0.25) is 4.79 Å². The monoisotopic (exact) mass is 587 g/mol. The molecule has 0 unspecified atom stereocenters. The van der Waals surface area contributed by atoms with Gasteiger partial charge in [0.15, 0.2) is 5.78 Å². The van der Waals surface area contributed by atoms with Crippen molar-refractivity contribution in [3.8, 4) is 0 Å². The van der Waals surface area contributed by atoms with Crippen molar-refractivity contribution < 1.29 is 4.79 Å². The summed E-state index contributed by atoms with van der Waals surface area (Å²) in [6.45, 7) is 1.14. The molecule has 2 aromatic rings. The summed E-state index contributed by atoms with van der Waals surface area (Å²) in [5.74, 6) is 0.0888. The van der Waals surface area contributed by atoms with E-state index in [4.69, 9.17) is 0 Å². The second-order valence-corrected chi connectivity index (χ2v) is 9.34. The van der Waals surface area contributed by atoms with Gasteiger partial charge in [-0.15, -0.1) is 0 Å². The van der Waals surface area contributed by atoms with Gasteiger partial charge in [-0.1, -0.05) is 63.7 Å². The highest BCUT2D eigenvalue weighted by Gasteiger charge is 2.20. The number of hydrogen-bond donors (Lipinski definition) is 1. The molecule has 2 nitrogen and oxygen atoms in total. The van der Waals surface area contributed by atoms with E-state index in [2.05, 4.69) is 69.0 Å². The molecule has 1 aliphatic rings. The number of ketones is 1. The molecule has 1 fully saturated rings. The molecule has 6 heteroatoms. The highest BCUT2D eigenvalue weighted by Crippen LogP contribution is 2.25. The topological polar surface area (TPSA) is 29.1 Å². The fourth-order valence-electron chi connectivity index (χ4n) is 2.65. The van der Waals surface area contributed by atoms with Gasteiger partial charge < -0.3 is 5.32 Å². The Labute approximate surface area is 180 Å². The minimum absolute atomic E-state index is 0.0888. The Bertz CT molecular complexity index is 790. The van der Waals surface area contributed by atoms with E-state index in [1.54, 1.807) is 0 Å². The largest absolute Gasteiger partial charge is 0.308 e. The average molecular weight is 591 g/mol. The summed E-state index contributed by atoms with van der Waals surface area (Å²) < 4.78 is 3.89. The normalized spacial score (nSPS) is 18.2. The molecule has 0 spiro atoms. The van der Waals surface area contributed by atoms with Gasteiger partial charge in [-0.25, -0.2) is 0 Å². The summed E-state index contributed by atoms with van der Waals surface area (Å²) in [5.41, 5.74) is 3.49. The Hall–Kier alpha value is -0.530. The molecule has 1 aliphatic heterocycles. The van der Waals surface area contributed by atoms with E-state index in [9.17, 15) is 4.79 Å². The van der Waals surface area contributed by atoms with Crippen LogP contribution in [0.1, 0.15) is 11.1 Å². The highest BCUT2D eigenvalue weighted by molar-refractivity contribution is 9.11. The number of carbonyl (C=O) groups is 1. The molecule has 0 amide bonds. The van der Waals surface area contributed by atoms with Crippen LogP contribution in [0.2, 0.25) is 0 Å². The third-order valence-corrected chi connectivity index (χ3v) is 5.50. The van der Waals surface area contributed by atoms with Crippen LogP contribution in [0, 0.1) is 0 Å². The summed E-state index contributed by atoms with van der Waals surface area (Å²) in [6.07, 6.45) is 3.88. The third-order valence-electron chi connectivity index (χ3n) is 3.67. The molecule has 1 N–H and O–H groups in total. The van der Waals surface area contributed by atoms with E-state index < -0.39 is 0 Å². The third kappa shape index (κ3) is 5.23. The lowest BCUT2D eigenvalue weighted by atomic mass is 9.95. The molecule has 3 rings (SSSR count). The van der Waals surface area contributed by atoms with Gasteiger partial charge in [0.25, 0.3) is 0 Å². The van der Waals surface area contributed by atoms with Gasteiger partial charge in [0.05, 0.1) is 0 Å². The lowest BCUT2D eigenvalue weighted by molar-refractivity contribution is -0.112. The molecule has 0 aromatic heterocycles. The molecule has 0 bridgehead atoms. The fourth-order valence-corrected chi connectivity index (χ4v) is 5.31. The highest BCUT2D eigenvalue weighted by atomic mass is 79.9. The summed E-state index contributed by atoms with van der Waals surface area (Å²) in [6, 6.07) is 11.9. The molecule has 128 valence electrons.